The highest BCUT2D eigenvalue weighted by Crippen LogP contribution is 2.41. The van der Waals surface area contributed by atoms with Gasteiger partial charge in [0.2, 0.25) is 0 Å². The van der Waals surface area contributed by atoms with E-state index in [2.05, 4.69) is 35.2 Å². The van der Waals surface area contributed by atoms with Crippen LogP contribution in [0.3, 0.4) is 0 Å². The van der Waals surface area contributed by atoms with E-state index in [9.17, 15) is 10.1 Å². The van der Waals surface area contributed by atoms with E-state index in [4.69, 9.17) is 0 Å². The third kappa shape index (κ3) is 2.70. The van der Waals surface area contributed by atoms with Gasteiger partial charge in [-0.15, -0.1) is 0 Å². The maximum Gasteiger partial charge on any atom is 0.325 e. The van der Waals surface area contributed by atoms with Gasteiger partial charge >= 0.3 is 6.03 Å². The number of amides is 2. The lowest BCUT2D eigenvalue weighted by molar-refractivity contribution is 0.186. The second-order valence-corrected chi connectivity index (χ2v) is 7.93. The molecule has 3 aliphatic rings. The van der Waals surface area contributed by atoms with Gasteiger partial charge in [-0.25, -0.2) is 4.79 Å². The number of rotatable bonds is 1. The molecule has 2 atom stereocenters. The van der Waals surface area contributed by atoms with Crippen molar-refractivity contribution in [3.8, 4) is 6.07 Å². The van der Waals surface area contributed by atoms with Crippen LogP contribution in [0.1, 0.15) is 42.4 Å². The van der Waals surface area contributed by atoms with Gasteiger partial charge in [0.1, 0.15) is 0 Å². The van der Waals surface area contributed by atoms with Crippen molar-refractivity contribution in [2.45, 2.75) is 44.2 Å². The first-order valence-corrected chi connectivity index (χ1v) is 10.1. The van der Waals surface area contributed by atoms with Gasteiger partial charge in [-0.3, -0.25) is 4.90 Å². The molecule has 0 aliphatic carbocycles. The minimum atomic E-state index is 0.127. The van der Waals surface area contributed by atoms with E-state index >= 15 is 0 Å². The van der Waals surface area contributed by atoms with Crippen LogP contribution in [0.15, 0.2) is 54.6 Å². The summed E-state index contributed by atoms with van der Waals surface area (Å²) in [7, 11) is 0. The summed E-state index contributed by atoms with van der Waals surface area (Å²) < 4.78 is 0. The highest BCUT2D eigenvalue weighted by Gasteiger charge is 2.42. The van der Waals surface area contributed by atoms with Gasteiger partial charge < -0.3 is 4.90 Å². The highest BCUT2D eigenvalue weighted by molar-refractivity contribution is 5.94. The smallest absolute Gasteiger partial charge is 0.315 e. The number of para-hydroxylation sites is 1. The topological polar surface area (TPSA) is 47.3 Å². The fourth-order valence-corrected chi connectivity index (χ4v) is 5.06. The standard InChI is InChI=1S/C24H23N3O/c25-16-18-7-1-3-9-22(18)19-14-20-11-12-21(15-19)27(20)24(28)26-13-5-8-17-6-2-4-10-23(17)26/h1-4,6-7,9-10,14,20-21H,5,8,11-13,15H2. The van der Waals surface area contributed by atoms with E-state index in [0.29, 0.717) is 0 Å². The largest absolute Gasteiger partial charge is 0.325 e. The van der Waals surface area contributed by atoms with E-state index in [1.54, 1.807) is 0 Å². The molecule has 2 unspecified atom stereocenters. The number of hydrogen-bond acceptors (Lipinski definition) is 2. The van der Waals surface area contributed by atoms with Gasteiger partial charge in [0, 0.05) is 18.3 Å². The predicted molar refractivity (Wildman–Crippen MR) is 110 cm³/mol. The molecule has 0 spiro atoms. The fourth-order valence-electron chi connectivity index (χ4n) is 5.06. The Balaban J connectivity index is 1.45. The molecule has 3 heterocycles. The molecular weight excluding hydrogens is 346 g/mol. The van der Waals surface area contributed by atoms with E-state index in [0.717, 1.165) is 55.5 Å². The first kappa shape index (κ1) is 17.1. The maximum absolute atomic E-state index is 13.5. The van der Waals surface area contributed by atoms with Crippen molar-refractivity contribution in [1.29, 1.82) is 5.26 Å². The monoisotopic (exact) mass is 369 g/mol. The summed E-state index contributed by atoms with van der Waals surface area (Å²) in [6, 6.07) is 18.9. The van der Waals surface area contributed by atoms with Gasteiger partial charge in [0.15, 0.2) is 0 Å². The predicted octanol–water partition coefficient (Wildman–Crippen LogP) is 4.75. The zero-order valence-corrected chi connectivity index (χ0v) is 15.8. The molecule has 2 amide bonds. The van der Waals surface area contributed by atoms with Crippen LogP contribution in [-0.4, -0.2) is 29.6 Å². The van der Waals surface area contributed by atoms with Gasteiger partial charge in [-0.05, 0) is 60.9 Å². The molecule has 2 bridgehead atoms. The molecular formula is C24H23N3O. The number of fused-ring (bicyclic) bond motifs is 3. The van der Waals surface area contributed by atoms with Crippen LogP contribution in [0.5, 0.6) is 0 Å². The second kappa shape index (κ2) is 6.83. The molecule has 140 valence electrons. The normalized spacial score (nSPS) is 23.0. The van der Waals surface area contributed by atoms with Crippen LogP contribution in [-0.2, 0) is 6.42 Å². The van der Waals surface area contributed by atoms with Gasteiger partial charge in [-0.2, -0.15) is 5.26 Å². The molecule has 4 heteroatoms. The Labute approximate surface area is 165 Å². The molecule has 0 radical (unpaired) electrons. The fraction of sp³-hybridized carbons (Fsp3) is 0.333. The number of carbonyl (C=O) groups excluding carboxylic acids is 1. The highest BCUT2D eigenvalue weighted by atomic mass is 16.2. The Bertz CT molecular complexity index is 1000. The lowest BCUT2D eigenvalue weighted by Gasteiger charge is -2.39. The van der Waals surface area contributed by atoms with Crippen LogP contribution >= 0.6 is 0 Å². The zero-order valence-electron chi connectivity index (χ0n) is 15.8. The molecule has 3 aliphatic heterocycles. The molecule has 5 rings (SSSR count). The van der Waals surface area contributed by atoms with Gasteiger partial charge in [0.25, 0.3) is 0 Å². The van der Waals surface area contributed by atoms with Crippen molar-refractivity contribution in [2.24, 2.45) is 0 Å². The Morgan fingerprint density at radius 1 is 1.07 bits per heavy atom. The molecule has 2 aromatic carbocycles. The maximum atomic E-state index is 13.5. The van der Waals surface area contributed by atoms with Crippen LogP contribution < -0.4 is 4.90 Å². The summed E-state index contributed by atoms with van der Waals surface area (Å²) >= 11 is 0. The number of hydrogen-bond donors (Lipinski definition) is 0. The first-order chi connectivity index (χ1) is 13.8. The quantitative estimate of drug-likeness (QED) is 0.728. The number of aryl methyl sites for hydroxylation is 1. The van der Waals surface area contributed by atoms with Crippen molar-refractivity contribution in [3.05, 3.63) is 71.3 Å². The van der Waals surface area contributed by atoms with Crippen LogP contribution in [0.2, 0.25) is 0 Å². The number of carbonyl (C=O) groups is 1. The van der Waals surface area contributed by atoms with Crippen molar-refractivity contribution < 1.29 is 4.79 Å². The summed E-state index contributed by atoms with van der Waals surface area (Å²) in [5, 5.41) is 9.45. The Morgan fingerprint density at radius 3 is 2.75 bits per heavy atom. The SMILES string of the molecule is N#Cc1ccccc1C1=CC2CCC(C1)N2C(=O)N1CCCc2ccccc21. The number of nitrogens with zero attached hydrogens (tertiary/aromatic N) is 3. The van der Waals surface area contributed by atoms with Gasteiger partial charge in [-0.1, -0.05) is 42.5 Å². The molecule has 1 saturated heterocycles. The molecule has 0 N–H and O–H groups in total. The number of anilines is 1. The van der Waals surface area contributed by atoms with Gasteiger partial charge in [0.05, 0.1) is 17.7 Å². The van der Waals surface area contributed by atoms with E-state index in [-0.39, 0.29) is 18.1 Å². The van der Waals surface area contributed by atoms with Crippen molar-refractivity contribution in [3.63, 3.8) is 0 Å². The van der Waals surface area contributed by atoms with Crippen LogP contribution in [0.4, 0.5) is 10.5 Å². The minimum Gasteiger partial charge on any atom is -0.315 e. The Morgan fingerprint density at radius 2 is 1.89 bits per heavy atom. The van der Waals surface area contributed by atoms with E-state index in [1.165, 1.54) is 11.1 Å². The Kier molecular flexibility index (Phi) is 4.16. The Hall–Kier alpha value is -3.06. The lowest BCUT2D eigenvalue weighted by atomic mass is 9.92. The van der Waals surface area contributed by atoms with E-state index < -0.39 is 0 Å². The number of urea groups is 1. The zero-order chi connectivity index (χ0) is 19.1. The molecule has 4 nitrogen and oxygen atoms in total. The van der Waals surface area contributed by atoms with Crippen molar-refractivity contribution in [1.82, 2.24) is 4.90 Å². The molecule has 28 heavy (non-hydrogen) atoms. The molecule has 1 fully saturated rings. The summed E-state index contributed by atoms with van der Waals surface area (Å²) in [6.07, 6.45) is 7.15. The van der Waals surface area contributed by atoms with E-state index in [1.807, 2.05) is 35.2 Å². The molecule has 0 aromatic heterocycles. The molecule has 0 saturated carbocycles. The average Bonchev–Trinajstić information content (AvgIpc) is 3.02. The first-order valence-electron chi connectivity index (χ1n) is 10.1. The van der Waals surface area contributed by atoms with Crippen LogP contribution in [0.25, 0.3) is 5.57 Å². The summed E-state index contributed by atoms with van der Waals surface area (Å²) in [4.78, 5) is 17.6. The summed E-state index contributed by atoms with van der Waals surface area (Å²) in [5.41, 5.74) is 5.30. The lowest BCUT2D eigenvalue weighted by Crippen LogP contribution is -2.51. The van der Waals surface area contributed by atoms with Crippen LogP contribution in [0, 0.1) is 11.3 Å². The number of nitriles is 1. The molecule has 2 aromatic rings. The summed E-state index contributed by atoms with van der Waals surface area (Å²) in [5.74, 6) is 0. The second-order valence-electron chi connectivity index (χ2n) is 7.93. The number of benzene rings is 2. The average molecular weight is 369 g/mol. The minimum absolute atomic E-state index is 0.127. The van der Waals surface area contributed by atoms with Crippen molar-refractivity contribution >= 4 is 17.3 Å². The third-order valence-corrected chi connectivity index (χ3v) is 6.35. The summed E-state index contributed by atoms with van der Waals surface area (Å²) in [6.45, 7) is 0.791. The third-order valence-electron chi connectivity index (χ3n) is 6.35. The van der Waals surface area contributed by atoms with Crippen molar-refractivity contribution in [2.75, 3.05) is 11.4 Å².